The number of benzene rings is 2. The van der Waals surface area contributed by atoms with Crippen molar-refractivity contribution in [1.82, 2.24) is 14.8 Å². The molecule has 2 aromatic carbocycles. The van der Waals surface area contributed by atoms with E-state index >= 15 is 0 Å². The smallest absolute Gasteiger partial charge is 0.237 e. The number of rotatable bonds is 7. The summed E-state index contributed by atoms with van der Waals surface area (Å²) in [4.78, 5) is 12.6. The van der Waals surface area contributed by atoms with Crippen LogP contribution in [0.5, 0.6) is 5.75 Å². The zero-order valence-electron chi connectivity index (χ0n) is 17.3. The van der Waals surface area contributed by atoms with Crippen LogP contribution in [0.4, 0.5) is 5.69 Å². The highest BCUT2D eigenvalue weighted by Gasteiger charge is 2.22. The largest absolute Gasteiger partial charge is 0.497 e. The minimum absolute atomic E-state index is 0.0665. The number of amides is 1. The summed E-state index contributed by atoms with van der Waals surface area (Å²) in [6.45, 7) is 8.05. The molecule has 0 saturated carbocycles. The number of methoxy groups -OCH3 is 1. The Balaban J connectivity index is 1.78. The van der Waals surface area contributed by atoms with E-state index in [0.29, 0.717) is 0 Å². The molecule has 0 aliphatic rings. The number of thioether (sulfide) groups is 1. The quantitative estimate of drug-likeness (QED) is 0.558. The van der Waals surface area contributed by atoms with Gasteiger partial charge in [0.25, 0.3) is 0 Å². The van der Waals surface area contributed by atoms with Crippen molar-refractivity contribution in [3.05, 3.63) is 54.1 Å². The summed E-state index contributed by atoms with van der Waals surface area (Å²) in [6, 6.07) is 15.6. The van der Waals surface area contributed by atoms with E-state index < -0.39 is 0 Å². The summed E-state index contributed by atoms with van der Waals surface area (Å²) in [5.74, 6) is 1.50. The highest BCUT2D eigenvalue weighted by molar-refractivity contribution is 8.00. The normalized spacial score (nSPS) is 12.1. The summed E-state index contributed by atoms with van der Waals surface area (Å²) < 4.78 is 7.29. The third-order valence-electron chi connectivity index (χ3n) is 4.50. The maximum atomic E-state index is 12.6. The van der Waals surface area contributed by atoms with Gasteiger partial charge in [-0.2, -0.15) is 0 Å². The highest BCUT2D eigenvalue weighted by Crippen LogP contribution is 2.31. The molecule has 1 atom stereocenters. The first-order chi connectivity index (χ1) is 13.9. The van der Waals surface area contributed by atoms with Crippen LogP contribution in [0.25, 0.3) is 11.4 Å². The van der Waals surface area contributed by atoms with Gasteiger partial charge in [-0.25, -0.2) is 0 Å². The zero-order valence-corrected chi connectivity index (χ0v) is 18.2. The Bertz CT molecular complexity index is 965. The van der Waals surface area contributed by atoms with Crippen molar-refractivity contribution in [3.8, 4) is 17.1 Å². The van der Waals surface area contributed by atoms with Gasteiger partial charge in [0.1, 0.15) is 5.75 Å². The molecule has 0 saturated heterocycles. The number of carbonyl (C=O) groups is 1. The van der Waals surface area contributed by atoms with Crippen LogP contribution in [0.3, 0.4) is 0 Å². The average molecular weight is 411 g/mol. The lowest BCUT2D eigenvalue weighted by atomic mass is 10.2. The standard InChI is InChI=1S/C22H26N4O2S/c1-14(2)26-20(17-8-12-19(28-5)13-9-17)24-25-22(26)29-16(4)21(27)23-18-10-6-15(3)7-11-18/h6-14,16H,1-5H3,(H,23,27)/t16-/m0/s1. The molecule has 6 nitrogen and oxygen atoms in total. The molecular weight excluding hydrogens is 384 g/mol. The van der Waals surface area contributed by atoms with E-state index in [2.05, 4.69) is 33.9 Å². The number of hydrogen-bond donors (Lipinski definition) is 1. The third kappa shape index (κ3) is 4.98. The van der Waals surface area contributed by atoms with Gasteiger partial charge in [0.15, 0.2) is 11.0 Å². The first kappa shape index (κ1) is 20.9. The van der Waals surface area contributed by atoms with Crippen molar-refractivity contribution in [1.29, 1.82) is 0 Å². The maximum Gasteiger partial charge on any atom is 0.237 e. The Morgan fingerprint density at radius 1 is 1.03 bits per heavy atom. The van der Waals surface area contributed by atoms with E-state index in [1.54, 1.807) is 7.11 Å². The second-order valence-electron chi connectivity index (χ2n) is 7.11. The van der Waals surface area contributed by atoms with E-state index in [4.69, 9.17) is 4.74 Å². The van der Waals surface area contributed by atoms with Crippen molar-refractivity contribution in [3.63, 3.8) is 0 Å². The molecule has 0 fully saturated rings. The first-order valence-corrected chi connectivity index (χ1v) is 10.4. The van der Waals surface area contributed by atoms with Gasteiger partial charge in [-0.15, -0.1) is 10.2 Å². The molecule has 1 heterocycles. The molecule has 1 N–H and O–H groups in total. The number of ether oxygens (including phenoxy) is 1. The van der Waals surface area contributed by atoms with E-state index in [0.717, 1.165) is 33.5 Å². The molecule has 0 bridgehead atoms. The van der Waals surface area contributed by atoms with Gasteiger partial charge in [-0.3, -0.25) is 9.36 Å². The van der Waals surface area contributed by atoms with Crippen LogP contribution in [0, 0.1) is 6.92 Å². The van der Waals surface area contributed by atoms with Crippen LogP contribution in [0.15, 0.2) is 53.7 Å². The molecule has 0 aliphatic carbocycles. The Kier molecular flexibility index (Phi) is 6.59. The summed E-state index contributed by atoms with van der Waals surface area (Å²) >= 11 is 1.40. The Hall–Kier alpha value is -2.80. The molecule has 152 valence electrons. The van der Waals surface area contributed by atoms with Crippen LogP contribution in [-0.4, -0.2) is 33.0 Å². The molecule has 29 heavy (non-hydrogen) atoms. The molecule has 0 spiro atoms. The summed E-state index contributed by atoms with van der Waals surface area (Å²) in [5, 5.41) is 12.1. The van der Waals surface area contributed by atoms with Crippen molar-refractivity contribution in [2.75, 3.05) is 12.4 Å². The van der Waals surface area contributed by atoms with Gasteiger partial charge in [-0.05, 0) is 64.1 Å². The van der Waals surface area contributed by atoms with Gasteiger partial charge >= 0.3 is 0 Å². The molecule has 0 aliphatic heterocycles. The van der Waals surface area contributed by atoms with Crippen molar-refractivity contribution < 1.29 is 9.53 Å². The van der Waals surface area contributed by atoms with E-state index in [1.165, 1.54) is 11.8 Å². The number of aryl methyl sites for hydroxylation is 1. The maximum absolute atomic E-state index is 12.6. The molecule has 1 amide bonds. The molecule has 7 heteroatoms. The fraction of sp³-hybridized carbons (Fsp3) is 0.318. The fourth-order valence-electron chi connectivity index (χ4n) is 2.85. The molecule has 1 aromatic heterocycles. The van der Waals surface area contributed by atoms with Crippen LogP contribution >= 0.6 is 11.8 Å². The van der Waals surface area contributed by atoms with Crippen LogP contribution in [0.2, 0.25) is 0 Å². The monoisotopic (exact) mass is 410 g/mol. The van der Waals surface area contributed by atoms with Crippen LogP contribution in [-0.2, 0) is 4.79 Å². The molecule has 3 rings (SSSR count). The third-order valence-corrected chi connectivity index (χ3v) is 5.56. The summed E-state index contributed by atoms with van der Waals surface area (Å²) in [5.41, 5.74) is 2.90. The van der Waals surface area contributed by atoms with Crippen molar-refractivity contribution in [2.24, 2.45) is 0 Å². The van der Waals surface area contributed by atoms with E-state index in [9.17, 15) is 4.79 Å². The Morgan fingerprint density at radius 3 is 2.28 bits per heavy atom. The first-order valence-electron chi connectivity index (χ1n) is 9.52. The van der Waals surface area contributed by atoms with Crippen molar-refractivity contribution >= 4 is 23.4 Å². The molecule has 3 aromatic rings. The predicted molar refractivity (Wildman–Crippen MR) is 118 cm³/mol. The number of anilines is 1. The molecule has 0 unspecified atom stereocenters. The number of nitrogens with zero attached hydrogens (tertiary/aromatic N) is 3. The average Bonchev–Trinajstić information content (AvgIpc) is 3.13. The van der Waals surface area contributed by atoms with Crippen molar-refractivity contribution in [2.45, 2.75) is 44.1 Å². The van der Waals surface area contributed by atoms with Crippen LogP contribution in [0.1, 0.15) is 32.4 Å². The van der Waals surface area contributed by atoms with Gasteiger partial charge < -0.3 is 10.1 Å². The zero-order chi connectivity index (χ0) is 21.0. The van der Waals surface area contributed by atoms with Gasteiger partial charge in [0, 0.05) is 17.3 Å². The minimum Gasteiger partial charge on any atom is -0.497 e. The lowest BCUT2D eigenvalue weighted by Crippen LogP contribution is -2.23. The van der Waals surface area contributed by atoms with Gasteiger partial charge in [-0.1, -0.05) is 29.5 Å². The second-order valence-corrected chi connectivity index (χ2v) is 8.42. The van der Waals surface area contributed by atoms with Gasteiger partial charge in [0.05, 0.1) is 12.4 Å². The number of hydrogen-bond acceptors (Lipinski definition) is 5. The lowest BCUT2D eigenvalue weighted by Gasteiger charge is -2.16. The summed E-state index contributed by atoms with van der Waals surface area (Å²) in [7, 11) is 1.64. The summed E-state index contributed by atoms with van der Waals surface area (Å²) in [6.07, 6.45) is 0. The SMILES string of the molecule is COc1ccc(-c2nnc(S[C@@H](C)C(=O)Nc3ccc(C)cc3)n2C(C)C)cc1. The second kappa shape index (κ2) is 9.13. The van der Waals surface area contributed by atoms with E-state index in [1.807, 2.05) is 62.4 Å². The number of nitrogens with one attached hydrogen (secondary N) is 1. The predicted octanol–water partition coefficient (Wildman–Crippen LogP) is 4.96. The number of aromatic nitrogens is 3. The van der Waals surface area contributed by atoms with Crippen LogP contribution < -0.4 is 10.1 Å². The minimum atomic E-state index is -0.318. The highest BCUT2D eigenvalue weighted by atomic mass is 32.2. The van der Waals surface area contributed by atoms with E-state index in [-0.39, 0.29) is 17.2 Å². The molecule has 0 radical (unpaired) electrons. The fourth-order valence-corrected chi connectivity index (χ4v) is 3.83. The number of carbonyl (C=O) groups excluding carboxylic acids is 1. The molecular formula is C22H26N4O2S. The Morgan fingerprint density at radius 2 is 1.69 bits per heavy atom. The van der Waals surface area contributed by atoms with Gasteiger partial charge in [0.2, 0.25) is 5.91 Å². The Labute approximate surface area is 175 Å². The lowest BCUT2D eigenvalue weighted by molar-refractivity contribution is -0.115. The topological polar surface area (TPSA) is 69.0 Å².